The third-order valence-electron chi connectivity index (χ3n) is 16.2. The molecule has 0 amide bonds. The first-order valence-electron chi connectivity index (χ1n) is 19.2. The number of hydrogen-bond acceptors (Lipinski definition) is 10. The summed E-state index contributed by atoms with van der Waals surface area (Å²) in [6.07, 6.45) is 6.97. The maximum absolute atomic E-state index is 14.1. The molecular formula is C41H48N4O6. The van der Waals surface area contributed by atoms with Crippen molar-refractivity contribution >= 4 is 45.3 Å². The van der Waals surface area contributed by atoms with E-state index in [1.807, 2.05) is 0 Å². The Morgan fingerprint density at radius 1 is 1.06 bits per heavy atom. The third-order valence-corrected chi connectivity index (χ3v) is 16.2. The fraction of sp³-hybridized carbons (Fsp3) is 0.610. The summed E-state index contributed by atoms with van der Waals surface area (Å²) in [5.74, 6) is -0.739. The minimum absolute atomic E-state index is 0.0560. The molecule has 8 bridgehead atoms. The number of nitrogens with one attached hydrogen (secondary N) is 1. The van der Waals surface area contributed by atoms with Crippen LogP contribution < -0.4 is 15.1 Å². The fourth-order valence-corrected chi connectivity index (χ4v) is 14.3. The van der Waals surface area contributed by atoms with E-state index in [1.165, 1.54) is 22.4 Å². The van der Waals surface area contributed by atoms with Crippen molar-refractivity contribution in [3.8, 4) is 0 Å². The lowest BCUT2D eigenvalue weighted by molar-refractivity contribution is -0.160. The molecule has 11 atom stereocenters. The number of methoxy groups -OCH3 is 1. The minimum atomic E-state index is -0.905. The molecule has 1 aromatic heterocycles. The van der Waals surface area contributed by atoms with E-state index in [-0.39, 0.29) is 47.3 Å². The first kappa shape index (κ1) is 31.0. The number of aliphatic hydroxyl groups is 1. The molecule has 10 heteroatoms. The summed E-state index contributed by atoms with van der Waals surface area (Å²) >= 11 is 0. The van der Waals surface area contributed by atoms with Crippen LogP contribution in [0.1, 0.15) is 63.5 Å². The van der Waals surface area contributed by atoms with Crippen LogP contribution in [0, 0.1) is 23.7 Å². The van der Waals surface area contributed by atoms with Gasteiger partial charge in [0.15, 0.2) is 5.60 Å². The molecule has 5 saturated heterocycles. The number of carbonyl (C=O) groups is 2. The Kier molecular flexibility index (Phi) is 5.88. The van der Waals surface area contributed by atoms with Crippen LogP contribution in [0.25, 0.3) is 21.9 Å². The van der Waals surface area contributed by atoms with Crippen LogP contribution in [-0.2, 0) is 29.9 Å². The van der Waals surface area contributed by atoms with Crippen molar-refractivity contribution in [2.45, 2.75) is 86.6 Å². The van der Waals surface area contributed by atoms with Gasteiger partial charge in [-0.2, -0.15) is 0 Å². The van der Waals surface area contributed by atoms with E-state index in [1.54, 1.807) is 14.0 Å². The monoisotopic (exact) mass is 692 g/mol. The lowest BCUT2D eigenvalue weighted by Crippen LogP contribution is -2.66. The van der Waals surface area contributed by atoms with Crippen molar-refractivity contribution in [2.24, 2.45) is 23.7 Å². The molecule has 7 fully saturated rings. The molecule has 3 aromatic rings. The lowest BCUT2D eigenvalue weighted by Gasteiger charge is -2.54. The Balaban J connectivity index is 1.12. The second kappa shape index (κ2) is 9.68. The van der Waals surface area contributed by atoms with Gasteiger partial charge in [0.25, 0.3) is 0 Å². The smallest absolute Gasteiger partial charge is 0.311 e. The second-order valence-corrected chi connectivity index (χ2v) is 17.2. The van der Waals surface area contributed by atoms with E-state index in [0.717, 1.165) is 85.8 Å². The van der Waals surface area contributed by atoms with Gasteiger partial charge >= 0.3 is 11.9 Å². The molecule has 51 heavy (non-hydrogen) atoms. The highest BCUT2D eigenvalue weighted by molar-refractivity contribution is 6.09. The quantitative estimate of drug-likeness (QED) is 0.293. The number of ether oxygens (including phenoxy) is 2. The molecule has 2 saturated carbocycles. The number of rotatable bonds is 2. The van der Waals surface area contributed by atoms with Gasteiger partial charge in [0.2, 0.25) is 0 Å². The van der Waals surface area contributed by atoms with Gasteiger partial charge < -0.3 is 34.1 Å². The normalized spacial score (nSPS) is 42.7. The Hall–Kier alpha value is -3.60. The van der Waals surface area contributed by atoms with Gasteiger partial charge in [0.1, 0.15) is 16.8 Å². The number of anilines is 2. The molecule has 12 rings (SSSR count). The number of likely N-dealkylation sites (N-methyl/N-ethyl adjacent to an activating group) is 2. The Bertz CT molecular complexity index is 2120. The summed E-state index contributed by atoms with van der Waals surface area (Å²) in [4.78, 5) is 35.6. The highest BCUT2D eigenvalue weighted by atomic mass is 16.6. The molecule has 11 unspecified atom stereocenters. The summed E-state index contributed by atoms with van der Waals surface area (Å²) in [5, 5.41) is 16.8. The number of benzene rings is 2. The molecule has 10 nitrogen and oxygen atoms in total. The zero-order valence-corrected chi connectivity index (χ0v) is 30.3. The van der Waals surface area contributed by atoms with Crippen LogP contribution in [0.2, 0.25) is 0 Å². The van der Waals surface area contributed by atoms with Crippen molar-refractivity contribution in [3.05, 3.63) is 47.0 Å². The van der Waals surface area contributed by atoms with E-state index in [2.05, 4.69) is 71.4 Å². The van der Waals surface area contributed by atoms with Crippen LogP contribution in [0.15, 0.2) is 40.3 Å². The molecular weight excluding hydrogens is 644 g/mol. The molecule has 2 aliphatic carbocycles. The molecule has 2 N–H and O–H groups in total. The molecule has 7 aliphatic heterocycles. The van der Waals surface area contributed by atoms with Crippen molar-refractivity contribution in [2.75, 3.05) is 57.2 Å². The maximum atomic E-state index is 14.1. The number of fused-ring (bicyclic) bond motifs is 7. The number of furan rings is 1. The average Bonchev–Trinajstić information content (AvgIpc) is 3.82. The molecule has 2 aromatic carbocycles. The molecule has 8 heterocycles. The van der Waals surface area contributed by atoms with Gasteiger partial charge in [-0.15, -0.1) is 0 Å². The Morgan fingerprint density at radius 3 is 2.65 bits per heavy atom. The van der Waals surface area contributed by atoms with Crippen LogP contribution in [0.4, 0.5) is 11.4 Å². The number of esters is 2. The van der Waals surface area contributed by atoms with E-state index >= 15 is 0 Å². The largest absolute Gasteiger partial charge is 0.469 e. The van der Waals surface area contributed by atoms with E-state index in [0.29, 0.717) is 6.54 Å². The van der Waals surface area contributed by atoms with Gasteiger partial charge in [-0.25, -0.2) is 0 Å². The van der Waals surface area contributed by atoms with Crippen molar-refractivity contribution < 1.29 is 28.6 Å². The highest BCUT2D eigenvalue weighted by Crippen LogP contribution is 2.70. The zero-order chi connectivity index (χ0) is 35.0. The first-order chi connectivity index (χ1) is 24.6. The maximum Gasteiger partial charge on any atom is 0.311 e. The number of carbonyl (C=O) groups excluding carboxylic acids is 2. The number of aliphatic hydroxyl groups excluding tert-OH is 1. The molecule has 9 aliphatic rings. The van der Waals surface area contributed by atoms with Crippen LogP contribution >= 0.6 is 0 Å². The second-order valence-electron chi connectivity index (χ2n) is 17.2. The van der Waals surface area contributed by atoms with Gasteiger partial charge in [-0.3, -0.25) is 14.5 Å². The van der Waals surface area contributed by atoms with Gasteiger partial charge in [0.05, 0.1) is 25.0 Å². The van der Waals surface area contributed by atoms with Crippen LogP contribution in [0.5, 0.6) is 0 Å². The van der Waals surface area contributed by atoms with Crippen LogP contribution in [-0.4, -0.2) is 92.7 Å². The highest BCUT2D eigenvalue weighted by Gasteiger charge is 2.76. The van der Waals surface area contributed by atoms with E-state index in [4.69, 9.17) is 13.9 Å². The number of allylic oxidation sites excluding steroid dienone is 1. The number of nitrogens with zero attached hydrogens (tertiary/aromatic N) is 3. The summed E-state index contributed by atoms with van der Waals surface area (Å²) < 4.78 is 18.8. The summed E-state index contributed by atoms with van der Waals surface area (Å²) in [5.41, 5.74) is 5.70. The van der Waals surface area contributed by atoms with Gasteiger partial charge in [0, 0.05) is 84.7 Å². The van der Waals surface area contributed by atoms with Gasteiger partial charge in [-0.05, 0) is 94.2 Å². The predicted molar refractivity (Wildman–Crippen MR) is 193 cm³/mol. The third kappa shape index (κ3) is 3.15. The summed E-state index contributed by atoms with van der Waals surface area (Å²) in [6.45, 7) is 6.96. The van der Waals surface area contributed by atoms with Crippen molar-refractivity contribution in [1.29, 1.82) is 0 Å². The molecule has 0 radical (unpaired) electrons. The van der Waals surface area contributed by atoms with E-state index < -0.39 is 22.5 Å². The Labute approximate surface area is 298 Å². The molecule has 268 valence electrons. The standard InChI is InChI=1S/C41H48N4O6/c1-6-22-19-45-14-12-39-28-17-31-25(16-30(28)44(4)41(39,45)10-9-23(22)34(39)36(47)49-5)24-15-27-29(18-32(24)50-31)43(3)33-8-7-26-35-37(48)51-40(26,21(2)46)20-42-13-11-38(27,33)35/h6,15-18,21,23,26,33-35,42,46H,7-14,19-20H2,1-5H3. The predicted octanol–water partition coefficient (Wildman–Crippen LogP) is 4.59. The van der Waals surface area contributed by atoms with Gasteiger partial charge in [-0.1, -0.05) is 11.6 Å². The van der Waals surface area contributed by atoms with Crippen molar-refractivity contribution in [1.82, 2.24) is 10.2 Å². The SMILES string of the molecule is CC=C1CN2CCC34c5cc6oc7cc8c(cc7c6cc5N(C)C23CCC1C4C(=O)OC)C12CCNCC3(C(C)O)OC(=O)C1C3CCC2N8C. The minimum Gasteiger partial charge on any atom is -0.469 e. The topological polar surface area (TPSA) is 108 Å². The van der Waals surface area contributed by atoms with E-state index in [9.17, 15) is 14.7 Å². The van der Waals surface area contributed by atoms with Crippen molar-refractivity contribution in [3.63, 3.8) is 0 Å². The lowest BCUT2D eigenvalue weighted by atomic mass is 9.53. The average molecular weight is 693 g/mol. The summed E-state index contributed by atoms with van der Waals surface area (Å²) in [6, 6.07) is 9.29. The fourth-order valence-electron chi connectivity index (χ4n) is 14.3. The number of hydrogen-bond donors (Lipinski definition) is 2. The molecule has 2 spiro atoms. The Morgan fingerprint density at radius 2 is 1.86 bits per heavy atom. The van der Waals surface area contributed by atoms with Crippen LogP contribution in [0.3, 0.4) is 0 Å². The first-order valence-corrected chi connectivity index (χ1v) is 19.2. The summed E-state index contributed by atoms with van der Waals surface area (Å²) in [7, 11) is 5.95. The zero-order valence-electron chi connectivity index (χ0n) is 30.3.